The van der Waals surface area contributed by atoms with E-state index in [1.165, 1.54) is 0 Å². The van der Waals surface area contributed by atoms with Crippen LogP contribution in [0, 0.1) is 11.3 Å². The molecule has 122 valence electrons. The van der Waals surface area contributed by atoms with Gasteiger partial charge in [-0.1, -0.05) is 12.1 Å². The normalized spacial score (nSPS) is 15.7. The van der Waals surface area contributed by atoms with Gasteiger partial charge in [-0.3, -0.25) is 9.59 Å². The minimum atomic E-state index is -0.790. The lowest BCUT2D eigenvalue weighted by Gasteiger charge is -2.29. The summed E-state index contributed by atoms with van der Waals surface area (Å²) in [6.07, 6.45) is 1.24. The molecule has 1 aromatic carbocycles. The molecule has 0 unspecified atom stereocenters. The molecule has 1 fully saturated rings. The molecule has 1 aliphatic rings. The number of rotatable bonds is 4. The van der Waals surface area contributed by atoms with E-state index in [0.717, 1.165) is 25.9 Å². The number of carbonyl (C=O) groups excluding carboxylic acids is 2. The van der Waals surface area contributed by atoms with Crippen LogP contribution in [-0.4, -0.2) is 54.1 Å². The second-order valence-corrected chi connectivity index (χ2v) is 5.44. The molecule has 0 aromatic heterocycles. The fraction of sp³-hybridized carbons (Fsp3) is 0.438. The number of hydrogen-bond acceptors (Lipinski definition) is 5. The van der Waals surface area contributed by atoms with Gasteiger partial charge in [0.2, 0.25) is 0 Å². The molecule has 1 saturated heterocycles. The van der Waals surface area contributed by atoms with Crippen LogP contribution in [0.3, 0.4) is 0 Å². The molecule has 7 heteroatoms. The van der Waals surface area contributed by atoms with Crippen molar-refractivity contribution in [3.8, 4) is 6.07 Å². The van der Waals surface area contributed by atoms with Gasteiger partial charge in [0.25, 0.3) is 0 Å². The van der Waals surface area contributed by atoms with Crippen LogP contribution in [0.2, 0.25) is 0 Å². The second kappa shape index (κ2) is 8.27. The quantitative estimate of drug-likeness (QED) is 0.682. The van der Waals surface area contributed by atoms with E-state index in [4.69, 9.17) is 5.26 Å². The molecule has 1 aromatic rings. The number of nitrogens with one attached hydrogen (secondary N) is 2. The highest BCUT2D eigenvalue weighted by Gasteiger charge is 2.18. The summed E-state index contributed by atoms with van der Waals surface area (Å²) in [5.74, 6) is -1.52. The minimum absolute atomic E-state index is 0.230. The first-order chi connectivity index (χ1) is 11.1. The molecule has 0 spiro atoms. The lowest BCUT2D eigenvalue weighted by Crippen LogP contribution is -2.43. The number of nitriles is 1. The van der Waals surface area contributed by atoms with Gasteiger partial charge in [0.05, 0.1) is 17.4 Å². The molecule has 2 amide bonds. The van der Waals surface area contributed by atoms with E-state index >= 15 is 0 Å². The van der Waals surface area contributed by atoms with Crippen LogP contribution in [0.5, 0.6) is 0 Å². The Morgan fingerprint density at radius 1 is 1.26 bits per heavy atom. The second-order valence-electron chi connectivity index (χ2n) is 5.44. The van der Waals surface area contributed by atoms with Crippen molar-refractivity contribution in [3.05, 3.63) is 29.8 Å². The van der Waals surface area contributed by atoms with E-state index < -0.39 is 11.8 Å². The summed E-state index contributed by atoms with van der Waals surface area (Å²) in [4.78, 5) is 25.7. The van der Waals surface area contributed by atoms with Gasteiger partial charge in [0.1, 0.15) is 6.07 Å². The van der Waals surface area contributed by atoms with Crippen molar-refractivity contribution in [2.45, 2.75) is 18.9 Å². The van der Waals surface area contributed by atoms with Gasteiger partial charge in [0.15, 0.2) is 0 Å². The van der Waals surface area contributed by atoms with Crippen LogP contribution in [-0.2, 0) is 9.59 Å². The average Bonchev–Trinajstić information content (AvgIpc) is 2.57. The van der Waals surface area contributed by atoms with Gasteiger partial charge in [-0.2, -0.15) is 5.26 Å². The number of aliphatic hydroxyl groups excluding tert-OH is 1. The number of para-hydroxylation sites is 1. The lowest BCUT2D eigenvalue weighted by atomic mass is 10.1. The molecule has 1 aliphatic heterocycles. The number of carbonyl (C=O) groups is 2. The summed E-state index contributed by atoms with van der Waals surface area (Å²) < 4.78 is 0. The summed E-state index contributed by atoms with van der Waals surface area (Å²) in [7, 11) is 0. The Kier molecular flexibility index (Phi) is 6.09. The molecule has 0 saturated carbocycles. The fourth-order valence-corrected chi connectivity index (χ4v) is 2.42. The Labute approximate surface area is 134 Å². The molecule has 0 radical (unpaired) electrons. The smallest absolute Gasteiger partial charge is 0.313 e. The highest BCUT2D eigenvalue weighted by molar-refractivity contribution is 6.39. The number of anilines is 1. The van der Waals surface area contributed by atoms with Crippen LogP contribution >= 0.6 is 0 Å². The number of benzene rings is 1. The van der Waals surface area contributed by atoms with Crippen molar-refractivity contribution in [2.75, 3.05) is 31.5 Å². The summed E-state index contributed by atoms with van der Waals surface area (Å²) in [6, 6.07) is 8.46. The maximum atomic E-state index is 11.8. The van der Waals surface area contributed by atoms with Crippen LogP contribution < -0.4 is 10.6 Å². The largest absolute Gasteiger partial charge is 0.393 e. The number of aliphatic hydroxyl groups is 1. The molecule has 3 N–H and O–H groups in total. The van der Waals surface area contributed by atoms with Gasteiger partial charge in [-0.25, -0.2) is 0 Å². The maximum absolute atomic E-state index is 11.8. The zero-order valence-electron chi connectivity index (χ0n) is 12.8. The SMILES string of the molecule is N#Cc1ccccc1NC(=O)C(=O)NCCN1CCC(O)CC1. The van der Waals surface area contributed by atoms with Crippen molar-refractivity contribution in [3.63, 3.8) is 0 Å². The third kappa shape index (κ3) is 5.06. The fourth-order valence-electron chi connectivity index (χ4n) is 2.42. The zero-order valence-corrected chi connectivity index (χ0v) is 12.8. The van der Waals surface area contributed by atoms with Gasteiger partial charge in [0, 0.05) is 26.2 Å². The number of hydrogen-bond donors (Lipinski definition) is 3. The van der Waals surface area contributed by atoms with E-state index in [0.29, 0.717) is 24.3 Å². The van der Waals surface area contributed by atoms with Crippen LogP contribution in [0.4, 0.5) is 5.69 Å². The zero-order chi connectivity index (χ0) is 16.7. The van der Waals surface area contributed by atoms with Crippen LogP contribution in [0.1, 0.15) is 18.4 Å². The van der Waals surface area contributed by atoms with Gasteiger partial charge >= 0.3 is 11.8 Å². The first-order valence-corrected chi connectivity index (χ1v) is 7.59. The highest BCUT2D eigenvalue weighted by Crippen LogP contribution is 2.13. The minimum Gasteiger partial charge on any atom is -0.393 e. The van der Waals surface area contributed by atoms with Crippen molar-refractivity contribution >= 4 is 17.5 Å². The molecular formula is C16H20N4O3. The van der Waals surface area contributed by atoms with E-state index in [9.17, 15) is 14.7 Å². The molecule has 0 atom stereocenters. The topological polar surface area (TPSA) is 105 Å². The molecule has 0 aliphatic carbocycles. The van der Waals surface area contributed by atoms with Gasteiger partial charge in [-0.15, -0.1) is 0 Å². The monoisotopic (exact) mass is 316 g/mol. The van der Waals surface area contributed by atoms with Crippen LogP contribution in [0.15, 0.2) is 24.3 Å². The number of piperidine rings is 1. The van der Waals surface area contributed by atoms with E-state index in [1.54, 1.807) is 24.3 Å². The predicted molar refractivity (Wildman–Crippen MR) is 84.5 cm³/mol. The number of nitrogens with zero attached hydrogens (tertiary/aromatic N) is 2. The molecule has 0 bridgehead atoms. The third-order valence-electron chi connectivity index (χ3n) is 3.77. The Balaban J connectivity index is 1.75. The summed E-state index contributed by atoms with van der Waals surface area (Å²) in [5, 5.41) is 23.4. The van der Waals surface area contributed by atoms with E-state index in [1.807, 2.05) is 6.07 Å². The van der Waals surface area contributed by atoms with Crippen molar-refractivity contribution in [1.29, 1.82) is 5.26 Å². The molecular weight excluding hydrogens is 296 g/mol. The highest BCUT2D eigenvalue weighted by atomic mass is 16.3. The van der Waals surface area contributed by atoms with Crippen molar-refractivity contribution in [1.82, 2.24) is 10.2 Å². The van der Waals surface area contributed by atoms with Crippen LogP contribution in [0.25, 0.3) is 0 Å². The lowest BCUT2D eigenvalue weighted by molar-refractivity contribution is -0.136. The van der Waals surface area contributed by atoms with Gasteiger partial charge in [-0.05, 0) is 25.0 Å². The molecule has 1 heterocycles. The van der Waals surface area contributed by atoms with Crippen molar-refractivity contribution in [2.24, 2.45) is 0 Å². The first-order valence-electron chi connectivity index (χ1n) is 7.59. The van der Waals surface area contributed by atoms with Crippen molar-refractivity contribution < 1.29 is 14.7 Å². The Morgan fingerprint density at radius 3 is 2.65 bits per heavy atom. The summed E-state index contributed by atoms with van der Waals surface area (Å²) in [5.41, 5.74) is 0.626. The van der Waals surface area contributed by atoms with E-state index in [2.05, 4.69) is 15.5 Å². The third-order valence-corrected chi connectivity index (χ3v) is 3.77. The standard InChI is InChI=1S/C16H20N4O3/c17-11-12-3-1-2-4-14(12)19-16(23)15(22)18-7-10-20-8-5-13(21)6-9-20/h1-4,13,21H,5-10H2,(H,18,22)(H,19,23). The Morgan fingerprint density at radius 2 is 1.96 bits per heavy atom. The van der Waals surface area contributed by atoms with Gasteiger partial charge < -0.3 is 20.6 Å². The molecule has 2 rings (SSSR count). The van der Waals surface area contributed by atoms with E-state index in [-0.39, 0.29) is 6.10 Å². The Bertz CT molecular complexity index is 604. The Hall–Kier alpha value is -2.43. The predicted octanol–water partition coefficient (Wildman–Crippen LogP) is 0.0697. The first kappa shape index (κ1) is 16.9. The summed E-state index contributed by atoms with van der Waals surface area (Å²) >= 11 is 0. The summed E-state index contributed by atoms with van der Waals surface area (Å²) in [6.45, 7) is 2.58. The molecule has 7 nitrogen and oxygen atoms in total. The molecule has 23 heavy (non-hydrogen) atoms. The number of amides is 2. The maximum Gasteiger partial charge on any atom is 0.313 e. The number of likely N-dealkylation sites (tertiary alicyclic amines) is 1. The average molecular weight is 316 g/mol.